The minimum atomic E-state index is -0.992. The number of nitrogens with zero attached hydrogens (tertiary/aromatic N) is 2. The van der Waals surface area contributed by atoms with Gasteiger partial charge in [-0.05, 0) is 26.7 Å². The molecule has 9 heteroatoms. The molecular formula is C11H20N4O5. The van der Waals surface area contributed by atoms with Crippen LogP contribution in [0.5, 0.6) is 0 Å². The van der Waals surface area contributed by atoms with Crippen molar-refractivity contribution >= 4 is 11.9 Å². The number of nitrogens with one attached hydrogen (secondary N) is 1. The number of primary amides is 1. The fourth-order valence-corrected chi connectivity index (χ4v) is 1.90. The first-order chi connectivity index (χ1) is 9.22. The van der Waals surface area contributed by atoms with E-state index in [4.69, 9.17) is 5.73 Å². The summed E-state index contributed by atoms with van der Waals surface area (Å²) in [5, 5.41) is 12.1. The average molecular weight is 288 g/mol. The number of hydrogen-bond acceptors (Lipinski definition) is 5. The quantitative estimate of drug-likeness (QED) is 0.538. The summed E-state index contributed by atoms with van der Waals surface area (Å²) >= 11 is 0. The first-order valence-electron chi connectivity index (χ1n) is 6.35. The van der Waals surface area contributed by atoms with E-state index in [-0.39, 0.29) is 18.6 Å². The highest BCUT2D eigenvalue weighted by molar-refractivity contribution is 5.82. The largest absolute Gasteiger partial charge is 0.353 e. The van der Waals surface area contributed by atoms with E-state index in [2.05, 4.69) is 10.2 Å². The molecule has 1 aliphatic rings. The predicted molar refractivity (Wildman–Crippen MR) is 69.0 cm³/mol. The Hall–Kier alpha value is -2.06. The van der Waals surface area contributed by atoms with Gasteiger partial charge in [-0.2, -0.15) is 0 Å². The number of carbonyl (C=O) groups excluding carboxylic acids is 2. The van der Waals surface area contributed by atoms with Gasteiger partial charge < -0.3 is 20.8 Å². The fraction of sp³-hybridized carbons (Fsp3) is 0.818. The first-order valence-corrected chi connectivity index (χ1v) is 6.35. The Morgan fingerprint density at radius 2 is 2.00 bits per heavy atom. The van der Waals surface area contributed by atoms with Crippen LogP contribution in [0.3, 0.4) is 0 Å². The maximum atomic E-state index is 12.0. The van der Waals surface area contributed by atoms with Crippen molar-refractivity contribution in [3.63, 3.8) is 0 Å². The molecule has 1 fully saturated rings. The molecule has 3 N–H and O–H groups in total. The Balaban J connectivity index is 2.42. The Kier molecular flexibility index (Phi) is 5.12. The molecule has 0 radical (unpaired) electrons. The maximum absolute atomic E-state index is 12.0. The molecular weight excluding hydrogens is 268 g/mol. The molecule has 0 aromatic carbocycles. The van der Waals surface area contributed by atoms with Crippen LogP contribution in [-0.2, 0) is 9.63 Å². The minimum Gasteiger partial charge on any atom is -0.353 e. The average Bonchev–Trinajstić information content (AvgIpc) is 2.37. The molecule has 0 atom stereocenters. The number of carbonyl (C=O) groups is 2. The van der Waals surface area contributed by atoms with E-state index in [1.165, 1.54) is 4.90 Å². The molecule has 0 aromatic rings. The van der Waals surface area contributed by atoms with Gasteiger partial charge in [-0.15, -0.1) is 10.1 Å². The molecule has 0 bridgehead atoms. The molecule has 0 spiro atoms. The lowest BCUT2D eigenvalue weighted by molar-refractivity contribution is -0.760. The summed E-state index contributed by atoms with van der Waals surface area (Å²) in [7, 11) is 0. The number of rotatable bonds is 5. The van der Waals surface area contributed by atoms with E-state index in [0.717, 1.165) is 0 Å². The standard InChI is InChI=1S/C11H20N4O5/c1-11(2,7-20-15(18)19)9(16)13-8-3-5-14(6-4-8)10(12)17/h8H,3-7H2,1-2H3,(H2,12,17)(H,13,16). The summed E-state index contributed by atoms with van der Waals surface area (Å²) in [6, 6.07) is -0.525. The molecule has 1 saturated heterocycles. The Labute approximate surface area is 116 Å². The smallest absolute Gasteiger partial charge is 0.314 e. The molecule has 0 aromatic heterocycles. The van der Waals surface area contributed by atoms with Crippen molar-refractivity contribution in [2.75, 3.05) is 19.7 Å². The van der Waals surface area contributed by atoms with Crippen LogP contribution in [0.25, 0.3) is 0 Å². The monoisotopic (exact) mass is 288 g/mol. The van der Waals surface area contributed by atoms with Crippen molar-refractivity contribution in [1.29, 1.82) is 0 Å². The summed E-state index contributed by atoms with van der Waals surface area (Å²) in [6.07, 6.45) is 1.22. The van der Waals surface area contributed by atoms with E-state index in [1.54, 1.807) is 13.8 Å². The minimum absolute atomic E-state index is 0.0621. The van der Waals surface area contributed by atoms with E-state index >= 15 is 0 Å². The third-order valence-electron chi connectivity index (χ3n) is 3.29. The van der Waals surface area contributed by atoms with E-state index in [9.17, 15) is 19.7 Å². The van der Waals surface area contributed by atoms with Gasteiger partial charge in [0.2, 0.25) is 5.91 Å². The molecule has 20 heavy (non-hydrogen) atoms. The highest BCUT2D eigenvalue weighted by Crippen LogP contribution is 2.18. The molecule has 9 nitrogen and oxygen atoms in total. The topological polar surface area (TPSA) is 128 Å². The summed E-state index contributed by atoms with van der Waals surface area (Å²) in [5.74, 6) is -0.308. The third-order valence-corrected chi connectivity index (χ3v) is 3.29. The van der Waals surface area contributed by atoms with Crippen molar-refractivity contribution in [2.24, 2.45) is 11.1 Å². The van der Waals surface area contributed by atoms with Gasteiger partial charge >= 0.3 is 6.03 Å². The van der Waals surface area contributed by atoms with Gasteiger partial charge in [0.05, 0.1) is 5.41 Å². The van der Waals surface area contributed by atoms with Gasteiger partial charge in [0, 0.05) is 19.1 Å². The summed E-state index contributed by atoms with van der Waals surface area (Å²) in [4.78, 5) is 38.9. The van der Waals surface area contributed by atoms with Crippen molar-refractivity contribution in [2.45, 2.75) is 32.7 Å². The number of amides is 3. The van der Waals surface area contributed by atoms with Crippen LogP contribution in [0, 0.1) is 15.5 Å². The molecule has 114 valence electrons. The van der Waals surface area contributed by atoms with E-state index in [1.807, 2.05) is 0 Å². The maximum Gasteiger partial charge on any atom is 0.314 e. The van der Waals surface area contributed by atoms with Crippen molar-refractivity contribution in [3.05, 3.63) is 10.1 Å². The molecule has 0 aliphatic carbocycles. The lowest BCUT2D eigenvalue weighted by atomic mass is 9.92. The van der Waals surface area contributed by atoms with Crippen LogP contribution >= 0.6 is 0 Å². The number of likely N-dealkylation sites (tertiary alicyclic amines) is 1. The van der Waals surface area contributed by atoms with Gasteiger partial charge in [0.1, 0.15) is 6.61 Å². The van der Waals surface area contributed by atoms with Crippen LogP contribution in [0.15, 0.2) is 0 Å². The zero-order chi connectivity index (χ0) is 15.3. The first kappa shape index (κ1) is 16.0. The molecule has 1 rings (SSSR count). The zero-order valence-corrected chi connectivity index (χ0v) is 11.6. The van der Waals surface area contributed by atoms with E-state index < -0.39 is 16.5 Å². The molecule has 3 amide bonds. The van der Waals surface area contributed by atoms with Gasteiger partial charge in [0.25, 0.3) is 5.09 Å². The van der Waals surface area contributed by atoms with Gasteiger partial charge in [0.15, 0.2) is 0 Å². The van der Waals surface area contributed by atoms with Crippen LogP contribution in [0.1, 0.15) is 26.7 Å². The number of urea groups is 1. The Morgan fingerprint density at radius 3 is 2.45 bits per heavy atom. The number of piperidine rings is 1. The lowest BCUT2D eigenvalue weighted by Crippen LogP contribution is -2.51. The molecule has 1 aliphatic heterocycles. The highest BCUT2D eigenvalue weighted by atomic mass is 16.9. The van der Waals surface area contributed by atoms with E-state index in [0.29, 0.717) is 25.9 Å². The Bertz CT molecular complexity index is 390. The summed E-state index contributed by atoms with van der Waals surface area (Å²) < 4.78 is 0. The van der Waals surface area contributed by atoms with Gasteiger partial charge in [-0.1, -0.05) is 0 Å². The summed E-state index contributed by atoms with van der Waals surface area (Å²) in [6.45, 7) is 3.83. The lowest BCUT2D eigenvalue weighted by Gasteiger charge is -2.33. The summed E-state index contributed by atoms with van der Waals surface area (Å²) in [5.41, 5.74) is 4.18. The van der Waals surface area contributed by atoms with Crippen LogP contribution in [0.2, 0.25) is 0 Å². The van der Waals surface area contributed by atoms with Crippen molar-refractivity contribution in [3.8, 4) is 0 Å². The van der Waals surface area contributed by atoms with Crippen LogP contribution in [-0.4, -0.2) is 47.7 Å². The zero-order valence-electron chi connectivity index (χ0n) is 11.6. The van der Waals surface area contributed by atoms with Crippen LogP contribution < -0.4 is 11.1 Å². The second-order valence-corrected chi connectivity index (χ2v) is 5.45. The predicted octanol–water partition coefficient (Wildman–Crippen LogP) is -0.120. The Morgan fingerprint density at radius 1 is 1.45 bits per heavy atom. The molecule has 1 heterocycles. The second kappa shape index (κ2) is 6.40. The molecule has 0 unspecified atom stereocenters. The van der Waals surface area contributed by atoms with Crippen LogP contribution in [0.4, 0.5) is 4.79 Å². The SMILES string of the molecule is CC(C)(CO[N+](=O)[O-])C(=O)NC1CCN(C(N)=O)CC1. The van der Waals surface area contributed by atoms with Crippen molar-refractivity contribution in [1.82, 2.24) is 10.2 Å². The van der Waals surface area contributed by atoms with Gasteiger partial charge in [-0.25, -0.2) is 4.79 Å². The number of hydrogen-bond donors (Lipinski definition) is 2. The molecule has 0 saturated carbocycles. The second-order valence-electron chi connectivity index (χ2n) is 5.45. The third kappa shape index (κ3) is 4.56. The number of nitrogens with two attached hydrogens (primary N) is 1. The highest BCUT2D eigenvalue weighted by Gasteiger charge is 2.32. The van der Waals surface area contributed by atoms with Gasteiger partial charge in [-0.3, -0.25) is 4.79 Å². The fourth-order valence-electron chi connectivity index (χ4n) is 1.90. The van der Waals surface area contributed by atoms with Crippen molar-refractivity contribution < 1.29 is 19.5 Å². The normalized spacial score (nSPS) is 16.6.